The Balaban J connectivity index is 1.91. The fraction of sp³-hybridized carbons (Fsp3) is 0.500. The van der Waals surface area contributed by atoms with Gasteiger partial charge in [0.2, 0.25) is 0 Å². The van der Waals surface area contributed by atoms with E-state index in [0.717, 1.165) is 22.9 Å². The predicted molar refractivity (Wildman–Crippen MR) is 69.0 cm³/mol. The Bertz CT molecular complexity index is 452. The molecule has 90 valence electrons. The molecule has 1 aromatic carbocycles. The Morgan fingerprint density at radius 1 is 1.18 bits per heavy atom. The second-order valence-corrected chi connectivity index (χ2v) is 6.52. The number of hydrogen-bond donors (Lipinski definition) is 1. The Morgan fingerprint density at radius 3 is 2.18 bits per heavy atom. The molecule has 1 aromatic rings. The largest absolute Gasteiger partial charge is 0.481 e. The van der Waals surface area contributed by atoms with E-state index in [2.05, 4.69) is 15.9 Å². The quantitative estimate of drug-likeness (QED) is 0.902. The summed E-state index contributed by atoms with van der Waals surface area (Å²) < 4.78 is 1.000. The normalized spacial score (nSPS) is 23.8. The number of rotatable bonds is 2. The van der Waals surface area contributed by atoms with Gasteiger partial charge in [-0.1, -0.05) is 34.5 Å². The third-order valence-electron chi connectivity index (χ3n) is 4.57. The van der Waals surface area contributed by atoms with Crippen molar-refractivity contribution in [2.45, 2.75) is 37.5 Å². The first-order valence-electron chi connectivity index (χ1n) is 6.06. The van der Waals surface area contributed by atoms with Crippen molar-refractivity contribution in [3.63, 3.8) is 0 Å². The van der Waals surface area contributed by atoms with Crippen LogP contribution in [0, 0.1) is 5.41 Å². The smallest absolute Gasteiger partial charge is 0.314 e. The lowest BCUT2D eigenvalue weighted by Gasteiger charge is -2.59. The molecule has 0 radical (unpaired) electrons. The van der Waals surface area contributed by atoms with Crippen molar-refractivity contribution in [2.24, 2.45) is 5.41 Å². The summed E-state index contributed by atoms with van der Waals surface area (Å²) in [5.41, 5.74) is 0.720. The molecule has 2 saturated carbocycles. The van der Waals surface area contributed by atoms with Crippen molar-refractivity contribution in [2.75, 3.05) is 0 Å². The number of hydrogen-bond acceptors (Lipinski definition) is 1. The molecule has 2 aliphatic rings. The fourth-order valence-electron chi connectivity index (χ4n) is 3.51. The highest BCUT2D eigenvalue weighted by Gasteiger charge is 2.61. The van der Waals surface area contributed by atoms with Gasteiger partial charge in [-0.3, -0.25) is 4.79 Å². The van der Waals surface area contributed by atoms with Gasteiger partial charge in [0.25, 0.3) is 0 Å². The van der Waals surface area contributed by atoms with E-state index >= 15 is 0 Å². The highest BCUT2D eigenvalue weighted by Crippen LogP contribution is 2.65. The van der Waals surface area contributed by atoms with Crippen molar-refractivity contribution < 1.29 is 9.90 Å². The molecule has 0 atom stereocenters. The first-order valence-corrected chi connectivity index (χ1v) is 6.85. The average Bonchev–Trinajstić information content (AvgIpc) is 2.16. The van der Waals surface area contributed by atoms with Crippen LogP contribution in [0.15, 0.2) is 28.7 Å². The summed E-state index contributed by atoms with van der Waals surface area (Å²) in [5, 5.41) is 9.55. The fourth-order valence-corrected chi connectivity index (χ4v) is 3.77. The van der Waals surface area contributed by atoms with Crippen LogP contribution in [0.25, 0.3) is 0 Å². The lowest BCUT2D eigenvalue weighted by Crippen LogP contribution is -2.57. The van der Waals surface area contributed by atoms with Gasteiger partial charge in [0.1, 0.15) is 0 Å². The maximum absolute atomic E-state index is 11.6. The van der Waals surface area contributed by atoms with Gasteiger partial charge in [-0.05, 0) is 48.8 Å². The Labute approximate surface area is 109 Å². The standard InChI is InChI=1S/C14H15BrO2/c15-11-4-2-10(3-5-11)14(12(16)17)8-13(9-14)6-1-7-13/h2-5H,1,6-9H2,(H,16,17). The Morgan fingerprint density at radius 2 is 1.76 bits per heavy atom. The first-order chi connectivity index (χ1) is 8.06. The summed E-state index contributed by atoms with van der Waals surface area (Å²) in [7, 11) is 0. The molecule has 17 heavy (non-hydrogen) atoms. The van der Waals surface area contributed by atoms with Crippen molar-refractivity contribution >= 4 is 21.9 Å². The Hall–Kier alpha value is -0.830. The molecule has 3 heteroatoms. The predicted octanol–water partition coefficient (Wildman–Crippen LogP) is 3.74. The molecule has 1 spiro atoms. The molecule has 0 heterocycles. The molecule has 2 fully saturated rings. The molecule has 2 nitrogen and oxygen atoms in total. The number of carboxylic acid groups (broad SMARTS) is 1. The lowest BCUT2D eigenvalue weighted by molar-refractivity contribution is -0.160. The topological polar surface area (TPSA) is 37.3 Å². The minimum atomic E-state index is -0.655. The van der Waals surface area contributed by atoms with Crippen molar-refractivity contribution in [3.05, 3.63) is 34.3 Å². The zero-order valence-corrected chi connectivity index (χ0v) is 11.2. The second-order valence-electron chi connectivity index (χ2n) is 5.60. The van der Waals surface area contributed by atoms with Crippen LogP contribution in [-0.4, -0.2) is 11.1 Å². The van der Waals surface area contributed by atoms with E-state index < -0.39 is 11.4 Å². The maximum atomic E-state index is 11.6. The van der Waals surface area contributed by atoms with Crippen LogP contribution in [-0.2, 0) is 10.2 Å². The van der Waals surface area contributed by atoms with E-state index in [4.69, 9.17) is 0 Å². The summed E-state index contributed by atoms with van der Waals surface area (Å²) >= 11 is 3.39. The summed E-state index contributed by atoms with van der Waals surface area (Å²) in [6, 6.07) is 7.77. The Kier molecular flexibility index (Phi) is 2.37. The molecule has 0 bridgehead atoms. The summed E-state index contributed by atoms with van der Waals surface area (Å²) in [6.45, 7) is 0. The lowest BCUT2D eigenvalue weighted by atomic mass is 9.44. The maximum Gasteiger partial charge on any atom is 0.314 e. The van der Waals surface area contributed by atoms with E-state index in [0.29, 0.717) is 5.41 Å². The number of aliphatic carboxylic acids is 1. The number of halogens is 1. The summed E-state index contributed by atoms with van der Waals surface area (Å²) in [4.78, 5) is 11.6. The van der Waals surface area contributed by atoms with Gasteiger partial charge >= 0.3 is 5.97 Å². The van der Waals surface area contributed by atoms with E-state index in [1.165, 1.54) is 19.3 Å². The molecule has 0 unspecified atom stereocenters. The molecule has 2 aliphatic carbocycles. The molecule has 0 aliphatic heterocycles. The summed E-state index contributed by atoms with van der Waals surface area (Å²) in [6.07, 6.45) is 5.38. The molecule has 0 amide bonds. The van der Waals surface area contributed by atoms with Crippen molar-refractivity contribution in [1.82, 2.24) is 0 Å². The van der Waals surface area contributed by atoms with Crippen LogP contribution in [0.3, 0.4) is 0 Å². The monoisotopic (exact) mass is 294 g/mol. The van der Waals surface area contributed by atoms with Crippen LogP contribution >= 0.6 is 15.9 Å². The summed E-state index contributed by atoms with van der Waals surface area (Å²) in [5.74, 6) is -0.655. The molecular formula is C14H15BrO2. The van der Waals surface area contributed by atoms with E-state index in [9.17, 15) is 9.90 Å². The SMILES string of the molecule is O=C(O)C1(c2ccc(Br)cc2)CC2(CCC2)C1. The highest BCUT2D eigenvalue weighted by molar-refractivity contribution is 9.10. The van der Waals surface area contributed by atoms with Gasteiger partial charge in [0.15, 0.2) is 0 Å². The molecule has 0 aromatic heterocycles. The molecule has 3 rings (SSSR count). The highest BCUT2D eigenvalue weighted by atomic mass is 79.9. The van der Waals surface area contributed by atoms with Gasteiger partial charge in [-0.15, -0.1) is 0 Å². The van der Waals surface area contributed by atoms with E-state index in [1.807, 2.05) is 24.3 Å². The number of carboxylic acids is 1. The zero-order chi connectivity index (χ0) is 12.1. The van der Waals surface area contributed by atoms with Gasteiger partial charge in [0.05, 0.1) is 5.41 Å². The third-order valence-corrected chi connectivity index (χ3v) is 5.10. The molecular weight excluding hydrogens is 280 g/mol. The van der Waals surface area contributed by atoms with Gasteiger partial charge in [-0.25, -0.2) is 0 Å². The second kappa shape index (κ2) is 3.58. The zero-order valence-electron chi connectivity index (χ0n) is 9.58. The van der Waals surface area contributed by atoms with Crippen LogP contribution in [0.5, 0.6) is 0 Å². The van der Waals surface area contributed by atoms with E-state index in [1.54, 1.807) is 0 Å². The van der Waals surface area contributed by atoms with Crippen LogP contribution < -0.4 is 0 Å². The number of benzene rings is 1. The van der Waals surface area contributed by atoms with Gasteiger partial charge in [0, 0.05) is 4.47 Å². The molecule has 0 saturated heterocycles. The van der Waals surface area contributed by atoms with Gasteiger partial charge in [-0.2, -0.15) is 0 Å². The van der Waals surface area contributed by atoms with E-state index in [-0.39, 0.29) is 0 Å². The minimum absolute atomic E-state index is 0.367. The van der Waals surface area contributed by atoms with Crippen molar-refractivity contribution in [1.29, 1.82) is 0 Å². The minimum Gasteiger partial charge on any atom is -0.481 e. The van der Waals surface area contributed by atoms with Crippen LogP contribution in [0.4, 0.5) is 0 Å². The third kappa shape index (κ3) is 1.55. The number of carbonyl (C=O) groups is 1. The van der Waals surface area contributed by atoms with Crippen LogP contribution in [0.2, 0.25) is 0 Å². The average molecular weight is 295 g/mol. The first kappa shape index (κ1) is 11.3. The van der Waals surface area contributed by atoms with Gasteiger partial charge < -0.3 is 5.11 Å². The van der Waals surface area contributed by atoms with Crippen LogP contribution in [0.1, 0.15) is 37.7 Å². The van der Waals surface area contributed by atoms with Crippen molar-refractivity contribution in [3.8, 4) is 0 Å². The molecule has 1 N–H and O–H groups in total.